The number of carbonyl (C=O) groups excluding carboxylic acids is 2. The van der Waals surface area contributed by atoms with Gasteiger partial charge in [-0.15, -0.1) is 0 Å². The molecule has 2 aromatic rings. The summed E-state index contributed by atoms with van der Waals surface area (Å²) in [4.78, 5) is 27.8. The molecular formula is C12H6Cl2N2O2. The summed E-state index contributed by atoms with van der Waals surface area (Å²) in [6, 6.07) is 3.14. The molecule has 2 amide bonds. The SMILES string of the molecule is Cc1nc2c(Cl)cc(Cl)cc2c2c1C(=O)NC2=O. The molecule has 4 nitrogen and oxygen atoms in total. The molecule has 1 aromatic heterocycles. The highest BCUT2D eigenvalue weighted by Gasteiger charge is 2.32. The monoisotopic (exact) mass is 280 g/mol. The van der Waals surface area contributed by atoms with Crippen LogP contribution in [0.3, 0.4) is 0 Å². The van der Waals surface area contributed by atoms with E-state index in [-0.39, 0.29) is 0 Å². The van der Waals surface area contributed by atoms with Crippen LogP contribution < -0.4 is 5.32 Å². The molecule has 6 heteroatoms. The molecule has 0 saturated carbocycles. The fraction of sp³-hybridized carbons (Fsp3) is 0.0833. The van der Waals surface area contributed by atoms with Crippen molar-refractivity contribution in [1.29, 1.82) is 0 Å². The van der Waals surface area contributed by atoms with Gasteiger partial charge >= 0.3 is 0 Å². The molecule has 1 aliphatic rings. The normalized spacial score (nSPS) is 13.9. The maximum absolute atomic E-state index is 11.8. The summed E-state index contributed by atoms with van der Waals surface area (Å²) in [5.74, 6) is -0.873. The van der Waals surface area contributed by atoms with Crippen LogP contribution in [0, 0.1) is 6.92 Å². The number of hydrogen-bond donors (Lipinski definition) is 1. The van der Waals surface area contributed by atoms with Gasteiger partial charge < -0.3 is 0 Å². The molecular weight excluding hydrogens is 275 g/mol. The van der Waals surface area contributed by atoms with Crippen LogP contribution in [0.15, 0.2) is 12.1 Å². The summed E-state index contributed by atoms with van der Waals surface area (Å²) in [7, 11) is 0. The number of halogens is 2. The third-order valence-corrected chi connectivity index (χ3v) is 3.38. The average Bonchev–Trinajstić information content (AvgIpc) is 2.57. The zero-order valence-electron chi connectivity index (χ0n) is 9.17. The first-order chi connectivity index (χ1) is 8.49. The maximum Gasteiger partial charge on any atom is 0.260 e. The standard InChI is InChI=1S/C12H6Cl2N2O2/c1-4-8-9(12(18)16-11(8)17)6-2-5(13)3-7(14)10(6)15-4/h2-3H,1H3,(H,16,17,18). The Morgan fingerprint density at radius 3 is 2.50 bits per heavy atom. The minimum absolute atomic E-state index is 0.297. The van der Waals surface area contributed by atoms with Crippen LogP contribution in [0.25, 0.3) is 10.9 Å². The van der Waals surface area contributed by atoms with E-state index in [9.17, 15) is 9.59 Å². The van der Waals surface area contributed by atoms with Gasteiger partial charge in [-0.25, -0.2) is 0 Å². The van der Waals surface area contributed by atoms with Crippen LogP contribution in [-0.2, 0) is 0 Å². The topological polar surface area (TPSA) is 59.1 Å². The van der Waals surface area contributed by atoms with E-state index in [1.807, 2.05) is 0 Å². The van der Waals surface area contributed by atoms with Crippen molar-refractivity contribution in [1.82, 2.24) is 10.3 Å². The van der Waals surface area contributed by atoms with Crippen LogP contribution in [-0.4, -0.2) is 16.8 Å². The molecule has 0 spiro atoms. The zero-order chi connectivity index (χ0) is 13.0. The number of aromatic nitrogens is 1. The lowest BCUT2D eigenvalue weighted by molar-refractivity contribution is 0.0880. The van der Waals surface area contributed by atoms with Crippen molar-refractivity contribution in [3.8, 4) is 0 Å². The van der Waals surface area contributed by atoms with E-state index in [4.69, 9.17) is 23.2 Å². The van der Waals surface area contributed by atoms with Crippen molar-refractivity contribution in [2.24, 2.45) is 0 Å². The summed E-state index contributed by atoms with van der Waals surface area (Å²) >= 11 is 12.0. The molecule has 0 aliphatic carbocycles. The van der Waals surface area contributed by atoms with Gasteiger partial charge in [-0.2, -0.15) is 0 Å². The second-order valence-electron chi connectivity index (χ2n) is 4.01. The lowest BCUT2D eigenvalue weighted by Gasteiger charge is -2.07. The first-order valence-electron chi connectivity index (χ1n) is 5.14. The highest BCUT2D eigenvalue weighted by atomic mass is 35.5. The molecule has 90 valence electrons. The molecule has 0 radical (unpaired) electrons. The Hall–Kier alpha value is -1.65. The van der Waals surface area contributed by atoms with Gasteiger partial charge in [0.2, 0.25) is 0 Å². The molecule has 18 heavy (non-hydrogen) atoms. The number of amides is 2. The quantitative estimate of drug-likeness (QED) is 0.755. The summed E-state index contributed by atoms with van der Waals surface area (Å²) in [5, 5.41) is 3.50. The minimum atomic E-state index is -0.441. The minimum Gasteiger partial charge on any atom is -0.288 e. The van der Waals surface area contributed by atoms with E-state index in [1.54, 1.807) is 19.1 Å². The Bertz CT molecular complexity index is 741. The number of rotatable bonds is 0. The Morgan fingerprint density at radius 2 is 1.78 bits per heavy atom. The number of imide groups is 1. The molecule has 1 N–H and O–H groups in total. The molecule has 2 heterocycles. The molecule has 0 saturated heterocycles. The molecule has 3 rings (SSSR count). The first kappa shape index (κ1) is 11.4. The van der Waals surface area contributed by atoms with E-state index in [0.29, 0.717) is 37.8 Å². The van der Waals surface area contributed by atoms with Gasteiger partial charge in [-0.3, -0.25) is 19.9 Å². The highest BCUT2D eigenvalue weighted by Crippen LogP contribution is 2.33. The molecule has 1 aromatic carbocycles. The van der Waals surface area contributed by atoms with Gasteiger partial charge in [0, 0.05) is 10.4 Å². The van der Waals surface area contributed by atoms with E-state index < -0.39 is 11.8 Å². The number of nitrogens with zero attached hydrogens (tertiary/aromatic N) is 1. The van der Waals surface area contributed by atoms with Gasteiger partial charge in [-0.05, 0) is 19.1 Å². The van der Waals surface area contributed by atoms with Crippen LogP contribution in [0.4, 0.5) is 0 Å². The summed E-state index contributed by atoms with van der Waals surface area (Å²) in [6.45, 7) is 1.67. The summed E-state index contributed by atoms with van der Waals surface area (Å²) < 4.78 is 0. The van der Waals surface area contributed by atoms with Gasteiger partial charge in [0.1, 0.15) is 0 Å². The van der Waals surface area contributed by atoms with Crippen LogP contribution in [0.2, 0.25) is 10.0 Å². The number of benzene rings is 1. The smallest absolute Gasteiger partial charge is 0.260 e. The highest BCUT2D eigenvalue weighted by molar-refractivity contribution is 6.39. The lowest BCUT2D eigenvalue weighted by Crippen LogP contribution is -2.20. The third-order valence-electron chi connectivity index (χ3n) is 2.87. The second kappa shape index (κ2) is 3.67. The number of carbonyl (C=O) groups is 2. The van der Waals surface area contributed by atoms with E-state index in [0.717, 1.165) is 0 Å². The fourth-order valence-electron chi connectivity index (χ4n) is 2.15. The third kappa shape index (κ3) is 1.43. The number of fused-ring (bicyclic) bond motifs is 3. The lowest BCUT2D eigenvalue weighted by atomic mass is 10.0. The second-order valence-corrected chi connectivity index (χ2v) is 4.86. The van der Waals surface area contributed by atoms with E-state index >= 15 is 0 Å². The Morgan fingerprint density at radius 1 is 1.11 bits per heavy atom. The van der Waals surface area contributed by atoms with Crippen molar-refractivity contribution in [2.45, 2.75) is 6.92 Å². The zero-order valence-corrected chi connectivity index (χ0v) is 10.7. The van der Waals surface area contributed by atoms with Crippen LogP contribution in [0.5, 0.6) is 0 Å². The maximum atomic E-state index is 11.8. The Kier molecular flexibility index (Phi) is 2.33. The molecule has 0 unspecified atom stereocenters. The molecule has 0 fully saturated rings. The van der Waals surface area contributed by atoms with Crippen LogP contribution in [0.1, 0.15) is 26.4 Å². The van der Waals surface area contributed by atoms with Crippen molar-refractivity contribution < 1.29 is 9.59 Å². The van der Waals surface area contributed by atoms with Gasteiger partial charge in [0.15, 0.2) is 0 Å². The average molecular weight is 281 g/mol. The van der Waals surface area contributed by atoms with Crippen molar-refractivity contribution in [3.05, 3.63) is 39.0 Å². The first-order valence-corrected chi connectivity index (χ1v) is 5.89. The number of hydrogen-bond acceptors (Lipinski definition) is 3. The van der Waals surface area contributed by atoms with Crippen molar-refractivity contribution >= 4 is 45.9 Å². The fourth-order valence-corrected chi connectivity index (χ4v) is 2.69. The van der Waals surface area contributed by atoms with Crippen molar-refractivity contribution in [2.75, 3.05) is 0 Å². The molecule has 0 atom stereocenters. The number of nitrogens with one attached hydrogen (secondary N) is 1. The van der Waals surface area contributed by atoms with Gasteiger partial charge in [0.05, 0.1) is 27.4 Å². The number of pyridine rings is 1. The largest absolute Gasteiger partial charge is 0.288 e. The predicted octanol–water partition coefficient (Wildman–Crippen LogP) is 2.73. The molecule has 0 bridgehead atoms. The number of aryl methyl sites for hydroxylation is 1. The van der Waals surface area contributed by atoms with E-state index in [1.165, 1.54) is 0 Å². The molecule has 1 aliphatic heterocycles. The van der Waals surface area contributed by atoms with Gasteiger partial charge in [0.25, 0.3) is 11.8 Å². The Balaban J connectivity index is 2.56. The summed E-state index contributed by atoms with van der Waals surface area (Å²) in [5.41, 5.74) is 1.55. The Labute approximate surface area is 112 Å². The van der Waals surface area contributed by atoms with Crippen LogP contribution >= 0.6 is 23.2 Å². The van der Waals surface area contributed by atoms with E-state index in [2.05, 4.69) is 10.3 Å². The summed E-state index contributed by atoms with van der Waals surface area (Å²) in [6.07, 6.45) is 0. The predicted molar refractivity (Wildman–Crippen MR) is 68.3 cm³/mol. The van der Waals surface area contributed by atoms with Gasteiger partial charge in [-0.1, -0.05) is 23.2 Å². The van der Waals surface area contributed by atoms with Crippen molar-refractivity contribution in [3.63, 3.8) is 0 Å².